The molecule has 9 heteroatoms. The monoisotopic (exact) mass is 460 g/mol. The number of nitrogens with one attached hydrogen (secondary N) is 2. The molecule has 4 nitrogen and oxygen atoms in total. The van der Waals surface area contributed by atoms with Crippen LogP contribution in [0.1, 0.15) is 30.0 Å². The average molecular weight is 461 g/mol. The molecule has 1 unspecified atom stereocenters. The van der Waals surface area contributed by atoms with Gasteiger partial charge in [0.2, 0.25) is 0 Å². The highest BCUT2D eigenvalue weighted by molar-refractivity contribution is 7.92. The highest BCUT2D eigenvalue weighted by atomic mass is 35.5. The molecule has 0 saturated heterocycles. The fourth-order valence-electron chi connectivity index (χ4n) is 3.59. The zero-order valence-electron chi connectivity index (χ0n) is 16.5. The summed E-state index contributed by atoms with van der Waals surface area (Å²) in [5.74, 6) is 0. The van der Waals surface area contributed by atoms with E-state index in [1.165, 1.54) is 23.3 Å². The van der Waals surface area contributed by atoms with Gasteiger partial charge in [-0.25, -0.2) is 8.42 Å². The van der Waals surface area contributed by atoms with Gasteiger partial charge in [-0.05, 0) is 67.7 Å². The zero-order valence-corrected chi connectivity index (χ0v) is 18.1. The number of hydrogen-bond acceptors (Lipinski definition) is 4. The number of sulfone groups is 1. The molecule has 0 saturated carbocycles. The highest BCUT2D eigenvalue weighted by Gasteiger charge is 2.36. The van der Waals surface area contributed by atoms with Crippen molar-refractivity contribution >= 4 is 27.1 Å². The average Bonchev–Trinajstić information content (AvgIpc) is 2.92. The largest absolute Gasteiger partial charge is 0.390 e. The van der Waals surface area contributed by atoms with E-state index in [-0.39, 0.29) is 4.90 Å². The van der Waals surface area contributed by atoms with Crippen molar-refractivity contribution in [3.63, 3.8) is 0 Å². The predicted octanol–water partition coefficient (Wildman–Crippen LogP) is 4.75. The van der Waals surface area contributed by atoms with E-state index >= 15 is 0 Å². The summed E-state index contributed by atoms with van der Waals surface area (Å²) in [6, 6.07) is 9.84. The van der Waals surface area contributed by atoms with Gasteiger partial charge in [0, 0.05) is 6.54 Å². The van der Waals surface area contributed by atoms with E-state index in [0.29, 0.717) is 11.6 Å². The lowest BCUT2D eigenvalue weighted by Gasteiger charge is -2.17. The van der Waals surface area contributed by atoms with Crippen LogP contribution in [0.3, 0.4) is 0 Å². The van der Waals surface area contributed by atoms with E-state index in [0.717, 1.165) is 44.1 Å². The van der Waals surface area contributed by atoms with Gasteiger partial charge in [-0.2, -0.15) is 13.2 Å². The number of halogens is 4. The van der Waals surface area contributed by atoms with Gasteiger partial charge in [-0.15, -0.1) is 0 Å². The van der Waals surface area contributed by atoms with Crippen molar-refractivity contribution in [2.45, 2.75) is 49.1 Å². The topological polar surface area (TPSA) is 58.2 Å². The molecule has 0 aromatic heterocycles. The number of anilines is 1. The van der Waals surface area contributed by atoms with E-state index in [1.54, 1.807) is 12.1 Å². The Morgan fingerprint density at radius 3 is 2.43 bits per heavy atom. The van der Waals surface area contributed by atoms with Gasteiger partial charge >= 0.3 is 6.18 Å². The van der Waals surface area contributed by atoms with Gasteiger partial charge in [-0.1, -0.05) is 29.8 Å². The third kappa shape index (κ3) is 5.47. The fraction of sp³-hybridized carbons (Fsp3) is 0.429. The molecule has 1 aliphatic heterocycles. The first-order valence-corrected chi connectivity index (χ1v) is 11.6. The van der Waals surface area contributed by atoms with Crippen molar-refractivity contribution in [3.8, 4) is 0 Å². The molecule has 0 amide bonds. The van der Waals surface area contributed by atoms with Crippen molar-refractivity contribution in [2.75, 3.05) is 18.4 Å². The van der Waals surface area contributed by atoms with Crippen molar-refractivity contribution in [2.24, 2.45) is 0 Å². The van der Waals surface area contributed by atoms with Gasteiger partial charge in [0.05, 0.1) is 27.3 Å². The summed E-state index contributed by atoms with van der Waals surface area (Å²) in [7, 11) is -4.05. The minimum Gasteiger partial charge on any atom is -0.380 e. The van der Waals surface area contributed by atoms with E-state index in [9.17, 15) is 21.6 Å². The molecule has 0 fully saturated rings. The second kappa shape index (κ2) is 9.16. The maximum atomic E-state index is 12.6. The molecule has 1 aliphatic rings. The van der Waals surface area contributed by atoms with Gasteiger partial charge in [0.15, 0.2) is 9.84 Å². The Morgan fingerprint density at radius 2 is 1.77 bits per heavy atom. The Balaban J connectivity index is 1.73. The van der Waals surface area contributed by atoms with Crippen LogP contribution in [-0.4, -0.2) is 32.9 Å². The first kappa shape index (κ1) is 22.9. The van der Waals surface area contributed by atoms with Crippen LogP contribution in [0.4, 0.5) is 18.9 Å². The van der Waals surface area contributed by atoms with Crippen molar-refractivity contribution in [1.82, 2.24) is 5.32 Å². The first-order valence-electron chi connectivity index (χ1n) is 9.72. The summed E-state index contributed by atoms with van der Waals surface area (Å²) in [6.45, 7) is 3.28. The Labute approximate surface area is 179 Å². The molecule has 1 heterocycles. The van der Waals surface area contributed by atoms with E-state index in [4.69, 9.17) is 11.6 Å². The molecule has 2 aromatic rings. The van der Waals surface area contributed by atoms with Crippen LogP contribution in [0.25, 0.3) is 0 Å². The summed E-state index contributed by atoms with van der Waals surface area (Å²) in [4.78, 5) is -0.110. The van der Waals surface area contributed by atoms with E-state index < -0.39 is 27.7 Å². The fourth-order valence-corrected chi connectivity index (χ4v) is 5.22. The zero-order chi connectivity index (χ0) is 21.9. The predicted molar refractivity (Wildman–Crippen MR) is 113 cm³/mol. The number of fused-ring (bicyclic) bond motifs is 1. The summed E-state index contributed by atoms with van der Waals surface area (Å²) in [5.41, 5.74) is 4.09. The van der Waals surface area contributed by atoms with Crippen molar-refractivity contribution in [3.05, 3.63) is 58.1 Å². The first-order chi connectivity index (χ1) is 14.1. The van der Waals surface area contributed by atoms with Gasteiger partial charge in [0.25, 0.3) is 0 Å². The molecular formula is C21H24ClF3N2O2S. The molecule has 2 N–H and O–H groups in total. The number of benzene rings is 2. The van der Waals surface area contributed by atoms with Gasteiger partial charge in [-0.3, -0.25) is 0 Å². The molecule has 0 radical (unpaired) electrons. The molecule has 164 valence electrons. The molecule has 2 aromatic carbocycles. The van der Waals surface area contributed by atoms with Crippen LogP contribution in [0, 0.1) is 0 Å². The third-order valence-corrected chi connectivity index (χ3v) is 7.72. The third-order valence-electron chi connectivity index (χ3n) is 5.25. The lowest BCUT2D eigenvalue weighted by atomic mass is 10.0. The Hall–Kier alpha value is -1.77. The van der Waals surface area contributed by atoms with E-state index in [2.05, 4.69) is 10.6 Å². The van der Waals surface area contributed by atoms with Crippen LogP contribution < -0.4 is 10.6 Å². The highest BCUT2D eigenvalue weighted by Crippen LogP contribution is 2.31. The number of hydrogen-bond donors (Lipinski definition) is 2. The number of rotatable bonds is 6. The maximum absolute atomic E-state index is 12.6. The quantitative estimate of drug-likeness (QED) is 0.653. The normalized spacial score (nSPS) is 15.9. The second-order valence-corrected chi connectivity index (χ2v) is 10.3. The smallest absolute Gasteiger partial charge is 0.380 e. The molecule has 0 bridgehead atoms. The minimum absolute atomic E-state index is 0.110. The minimum atomic E-state index is -4.53. The van der Waals surface area contributed by atoms with Crippen LogP contribution >= 0.6 is 11.6 Å². The second-order valence-electron chi connectivity index (χ2n) is 7.48. The summed E-state index contributed by atoms with van der Waals surface area (Å²) in [5, 5.41) is 5.79. The molecule has 0 aliphatic carbocycles. The molecule has 1 atom stereocenters. The Bertz CT molecular complexity index is 993. The van der Waals surface area contributed by atoms with Gasteiger partial charge < -0.3 is 10.6 Å². The van der Waals surface area contributed by atoms with Crippen LogP contribution in [0.15, 0.2) is 41.3 Å². The van der Waals surface area contributed by atoms with Crippen molar-refractivity contribution in [1.29, 1.82) is 0 Å². The number of alkyl halides is 3. The maximum Gasteiger partial charge on any atom is 0.390 e. The van der Waals surface area contributed by atoms with Crippen LogP contribution in [0.2, 0.25) is 5.02 Å². The lowest BCUT2D eigenvalue weighted by molar-refractivity contribution is -0.133. The Morgan fingerprint density at radius 1 is 1.10 bits per heavy atom. The van der Waals surface area contributed by atoms with Crippen molar-refractivity contribution < 1.29 is 21.6 Å². The summed E-state index contributed by atoms with van der Waals surface area (Å²) >= 11 is 6.40. The standard InChI is InChI=1S/C21H24ClF3N2O2S/c1-14(12-21(23,24)25)30(28,29)17-5-2-15(3-6-17)13-27-20-18-9-11-26-10-8-16(18)4-7-19(20)22/h2-7,14,26-27H,8-13H2,1H3. The molecular weight excluding hydrogens is 437 g/mol. The van der Waals surface area contributed by atoms with Crippen LogP contribution in [0.5, 0.6) is 0 Å². The van der Waals surface area contributed by atoms with E-state index in [1.807, 2.05) is 12.1 Å². The molecule has 30 heavy (non-hydrogen) atoms. The van der Waals surface area contributed by atoms with Crippen LogP contribution in [-0.2, 0) is 29.2 Å². The summed E-state index contributed by atoms with van der Waals surface area (Å²) in [6.07, 6.45) is -4.12. The molecule has 0 spiro atoms. The SMILES string of the molecule is CC(CC(F)(F)F)S(=O)(=O)c1ccc(CNc2c(Cl)ccc3c2CCNCC3)cc1. The summed E-state index contributed by atoms with van der Waals surface area (Å²) < 4.78 is 62.5. The Kier molecular flexibility index (Phi) is 6.99. The van der Waals surface area contributed by atoms with Gasteiger partial charge in [0.1, 0.15) is 0 Å². The molecule has 3 rings (SSSR count). The lowest BCUT2D eigenvalue weighted by Crippen LogP contribution is -2.25.